The molecule has 2 heterocycles. The molecule has 1 unspecified atom stereocenters. The van der Waals surface area contributed by atoms with Gasteiger partial charge in [0.25, 0.3) is 0 Å². The number of aromatic nitrogens is 2. The van der Waals surface area contributed by atoms with Gasteiger partial charge in [-0.2, -0.15) is 0 Å². The Morgan fingerprint density at radius 3 is 2.41 bits per heavy atom. The van der Waals surface area contributed by atoms with Gasteiger partial charge >= 0.3 is 0 Å². The van der Waals surface area contributed by atoms with E-state index in [0.717, 1.165) is 49.1 Å². The lowest BCUT2D eigenvalue weighted by Gasteiger charge is -2.22. The van der Waals surface area contributed by atoms with Crippen LogP contribution >= 0.6 is 0 Å². The third-order valence-corrected chi connectivity index (χ3v) is 8.48. The third-order valence-electron chi connectivity index (χ3n) is 7.37. The number of ether oxygens (including phenoxy) is 1. The number of hydrogen-bond donors (Lipinski definition) is 0. The number of nitrogens with zero attached hydrogens (tertiary/aromatic N) is 3. The Bertz CT molecular complexity index is 1310. The molecule has 1 saturated heterocycles. The van der Waals surface area contributed by atoms with Gasteiger partial charge in [0.15, 0.2) is 9.84 Å². The number of piperidine rings is 1. The van der Waals surface area contributed by atoms with Gasteiger partial charge in [0.2, 0.25) is 5.95 Å². The van der Waals surface area contributed by atoms with Gasteiger partial charge in [-0.25, -0.2) is 22.8 Å². The van der Waals surface area contributed by atoms with E-state index >= 15 is 0 Å². The Morgan fingerprint density at radius 1 is 1.15 bits per heavy atom. The van der Waals surface area contributed by atoms with Crippen molar-refractivity contribution in [3.05, 3.63) is 66.2 Å². The van der Waals surface area contributed by atoms with Gasteiger partial charge in [-0.05, 0) is 53.1 Å². The van der Waals surface area contributed by atoms with Gasteiger partial charge in [-0.3, -0.25) is 0 Å². The van der Waals surface area contributed by atoms with Crippen molar-refractivity contribution < 1.29 is 17.5 Å². The van der Waals surface area contributed by atoms with Crippen molar-refractivity contribution in [2.45, 2.75) is 25.2 Å². The molecule has 0 spiro atoms. The van der Waals surface area contributed by atoms with Crippen LogP contribution in [-0.2, 0) is 16.3 Å². The Morgan fingerprint density at radius 2 is 1.85 bits per heavy atom. The number of sulfone groups is 1. The molecule has 34 heavy (non-hydrogen) atoms. The lowest BCUT2D eigenvalue weighted by atomic mass is 10.1. The third kappa shape index (κ3) is 4.15. The fourth-order valence-electron chi connectivity index (χ4n) is 5.08. The minimum absolute atomic E-state index is 0.0275. The Balaban J connectivity index is 1.18. The first kappa shape index (κ1) is 22.8. The molecule has 0 N–H and O–H groups in total. The van der Waals surface area contributed by atoms with E-state index in [0.29, 0.717) is 29.6 Å². The summed E-state index contributed by atoms with van der Waals surface area (Å²) in [6.07, 6.45) is 5.82. The highest BCUT2D eigenvalue weighted by molar-refractivity contribution is 7.90. The summed E-state index contributed by atoms with van der Waals surface area (Å²) >= 11 is 0. The average molecular weight is 482 g/mol. The zero-order valence-electron chi connectivity index (χ0n) is 19.5. The number of halogens is 1. The molecular formula is C26H28FN3O3S. The van der Waals surface area contributed by atoms with Crippen LogP contribution in [0.1, 0.15) is 19.4 Å². The molecule has 0 amide bonds. The van der Waals surface area contributed by atoms with Crippen molar-refractivity contribution in [2.75, 3.05) is 30.9 Å². The maximum atomic E-state index is 14.5. The molecular weight excluding hydrogens is 453 g/mol. The lowest BCUT2D eigenvalue weighted by Crippen LogP contribution is -2.29. The summed E-state index contributed by atoms with van der Waals surface area (Å²) in [5, 5.41) is 0. The quantitative estimate of drug-likeness (QED) is 0.498. The summed E-state index contributed by atoms with van der Waals surface area (Å²) in [6, 6.07) is 11.2. The fraction of sp³-hybridized carbons (Fsp3) is 0.385. The largest absolute Gasteiger partial charge is 0.493 e. The Hall–Kier alpha value is -3.00. The fourth-order valence-corrected chi connectivity index (χ4v) is 5.71. The van der Waals surface area contributed by atoms with E-state index in [1.54, 1.807) is 12.1 Å². The number of anilines is 1. The summed E-state index contributed by atoms with van der Waals surface area (Å²) in [6.45, 7) is 6.91. The van der Waals surface area contributed by atoms with E-state index in [1.807, 2.05) is 24.5 Å². The van der Waals surface area contributed by atoms with Crippen LogP contribution in [0, 0.1) is 23.1 Å². The summed E-state index contributed by atoms with van der Waals surface area (Å²) in [4.78, 5) is 11.3. The van der Waals surface area contributed by atoms with Crippen molar-refractivity contribution in [3.8, 4) is 16.9 Å². The molecule has 6 nitrogen and oxygen atoms in total. The Labute approximate surface area is 199 Å². The summed E-state index contributed by atoms with van der Waals surface area (Å²) < 4.78 is 43.8. The molecule has 1 aliphatic carbocycles. The van der Waals surface area contributed by atoms with E-state index in [9.17, 15) is 12.8 Å². The van der Waals surface area contributed by atoms with Crippen LogP contribution in [-0.4, -0.2) is 44.3 Å². The van der Waals surface area contributed by atoms with Crippen LogP contribution in [0.15, 0.2) is 59.8 Å². The van der Waals surface area contributed by atoms with Crippen molar-refractivity contribution in [1.82, 2.24) is 9.97 Å². The van der Waals surface area contributed by atoms with E-state index in [1.165, 1.54) is 12.1 Å². The molecule has 1 aliphatic heterocycles. The second-order valence-electron chi connectivity index (χ2n) is 9.59. The van der Waals surface area contributed by atoms with Crippen molar-refractivity contribution in [1.29, 1.82) is 0 Å². The molecule has 178 valence electrons. The molecule has 1 saturated carbocycles. The van der Waals surface area contributed by atoms with Crippen LogP contribution < -0.4 is 9.64 Å². The highest BCUT2D eigenvalue weighted by Gasteiger charge is 2.66. The summed E-state index contributed by atoms with van der Waals surface area (Å²) in [5.41, 5.74) is 2.38. The first-order valence-electron chi connectivity index (χ1n) is 11.5. The molecule has 3 aromatic rings. The first-order chi connectivity index (χ1) is 16.2. The van der Waals surface area contributed by atoms with Crippen LogP contribution in [0.2, 0.25) is 0 Å². The SMILES string of the molecule is CCc1cnc(N2CC3[C@@H](COc4ccc(-c5ccc(S(C)(=O)=O)cc5F)cc4)[C@]3(C)C2)nc1. The van der Waals surface area contributed by atoms with Crippen LogP contribution in [0.3, 0.4) is 0 Å². The standard InChI is InChI=1S/C26H28FN3O3S/c1-4-17-12-28-25(29-13-17)30-14-22-23(26(22,2)16-30)15-33-19-7-5-18(6-8-19)21-10-9-20(11-24(21)27)34(3,31)32/h5-13,22-23H,4,14-16H2,1-3H3/t22?,23-,26-/m1/s1. The predicted octanol–water partition coefficient (Wildman–Crippen LogP) is 4.40. The van der Waals surface area contributed by atoms with Gasteiger partial charge in [0, 0.05) is 43.2 Å². The van der Waals surface area contributed by atoms with E-state index in [4.69, 9.17) is 4.74 Å². The van der Waals surface area contributed by atoms with Gasteiger partial charge in [-0.1, -0.05) is 32.0 Å². The van der Waals surface area contributed by atoms with Crippen LogP contribution in [0.25, 0.3) is 11.1 Å². The Kier molecular flexibility index (Phi) is 5.59. The molecule has 2 fully saturated rings. The molecule has 1 aromatic heterocycles. The molecule has 0 radical (unpaired) electrons. The van der Waals surface area contributed by atoms with Crippen LogP contribution in [0.4, 0.5) is 10.3 Å². The number of fused-ring (bicyclic) bond motifs is 1. The van der Waals surface area contributed by atoms with E-state index in [2.05, 4.69) is 28.7 Å². The zero-order chi connectivity index (χ0) is 24.1. The average Bonchev–Trinajstić information content (AvgIpc) is 3.18. The van der Waals surface area contributed by atoms with Crippen molar-refractivity contribution in [2.24, 2.45) is 17.3 Å². The predicted molar refractivity (Wildman–Crippen MR) is 129 cm³/mol. The number of rotatable bonds is 7. The minimum Gasteiger partial charge on any atom is -0.493 e. The van der Waals surface area contributed by atoms with Gasteiger partial charge < -0.3 is 9.64 Å². The molecule has 8 heteroatoms. The van der Waals surface area contributed by atoms with Gasteiger partial charge in [-0.15, -0.1) is 0 Å². The van der Waals surface area contributed by atoms with Crippen molar-refractivity contribution in [3.63, 3.8) is 0 Å². The topological polar surface area (TPSA) is 72.4 Å². The van der Waals surface area contributed by atoms with E-state index in [-0.39, 0.29) is 10.3 Å². The summed E-state index contributed by atoms with van der Waals surface area (Å²) in [5.74, 6) is 2.02. The highest BCUT2D eigenvalue weighted by atomic mass is 32.2. The van der Waals surface area contributed by atoms with Gasteiger partial charge in [0.1, 0.15) is 11.6 Å². The normalized spacial score (nSPS) is 23.6. The number of aryl methyl sites for hydroxylation is 1. The second-order valence-corrected chi connectivity index (χ2v) is 11.6. The highest BCUT2D eigenvalue weighted by Crippen LogP contribution is 2.63. The minimum atomic E-state index is -3.44. The maximum Gasteiger partial charge on any atom is 0.225 e. The zero-order valence-corrected chi connectivity index (χ0v) is 20.3. The van der Waals surface area contributed by atoms with Gasteiger partial charge in [0.05, 0.1) is 11.5 Å². The molecule has 2 aliphatic rings. The second kappa shape index (κ2) is 8.34. The van der Waals surface area contributed by atoms with Crippen molar-refractivity contribution >= 4 is 15.8 Å². The molecule has 5 rings (SSSR count). The monoisotopic (exact) mass is 481 g/mol. The molecule has 3 atom stereocenters. The molecule has 2 aromatic carbocycles. The maximum absolute atomic E-state index is 14.5. The summed E-state index contributed by atoms with van der Waals surface area (Å²) in [7, 11) is -3.44. The number of hydrogen-bond acceptors (Lipinski definition) is 6. The molecule has 0 bridgehead atoms. The lowest BCUT2D eigenvalue weighted by molar-refractivity contribution is 0.270. The van der Waals surface area contributed by atoms with Crippen LogP contribution in [0.5, 0.6) is 5.75 Å². The number of benzene rings is 2. The van der Waals surface area contributed by atoms with E-state index < -0.39 is 15.7 Å². The first-order valence-corrected chi connectivity index (χ1v) is 13.4. The smallest absolute Gasteiger partial charge is 0.225 e.